The Morgan fingerprint density at radius 3 is 2.72 bits per heavy atom. The highest BCUT2D eigenvalue weighted by atomic mass is 35.5. The topological polar surface area (TPSA) is 77.2 Å². The Kier molecular flexibility index (Phi) is 7.58. The third kappa shape index (κ3) is 5.74. The largest absolute Gasteiger partial charge is 0.376 e. The van der Waals surface area contributed by atoms with Crippen molar-refractivity contribution in [2.24, 2.45) is 0 Å². The van der Waals surface area contributed by atoms with Crippen LogP contribution in [0.2, 0.25) is 10.0 Å². The van der Waals surface area contributed by atoms with Crippen molar-refractivity contribution in [1.82, 2.24) is 19.9 Å². The molecular formula is C27H28Cl2N6O. The maximum atomic E-state index is 13.1. The first kappa shape index (κ1) is 24.4. The number of nitrogens with zero attached hydrogens (tertiary/aromatic N) is 4. The highest BCUT2D eigenvalue weighted by Crippen LogP contribution is 2.28. The molecule has 7 nitrogen and oxygen atoms in total. The van der Waals surface area contributed by atoms with E-state index in [1.165, 1.54) is 5.56 Å². The molecule has 2 aromatic heterocycles. The van der Waals surface area contributed by atoms with Gasteiger partial charge in [0.05, 0.1) is 11.9 Å². The number of halogens is 2. The lowest BCUT2D eigenvalue weighted by Crippen LogP contribution is -2.52. The molecule has 0 aliphatic carbocycles. The van der Waals surface area contributed by atoms with Gasteiger partial charge in [0.15, 0.2) is 0 Å². The van der Waals surface area contributed by atoms with Gasteiger partial charge in [0.1, 0.15) is 17.8 Å². The van der Waals surface area contributed by atoms with Crippen LogP contribution >= 0.6 is 23.2 Å². The van der Waals surface area contributed by atoms with E-state index in [1.807, 2.05) is 23.2 Å². The standard InChI is InChI=1S/C27H28Cl2N6O/c28-20-13-21(29)15-22(14-20)31-16-25(36)34-11-4-7-23(17-34)35(12-9-19-5-2-1-3-6-19)27-24-8-10-30-26(24)32-18-33-27/h1-3,5-6,8,10,13-15,18,23,31H,4,7,9,11-12,16-17H2,(H,30,32,33)/t23-/m0/s1. The van der Waals surface area contributed by atoms with Crippen LogP contribution in [-0.4, -0.2) is 58.0 Å². The molecular weight excluding hydrogens is 495 g/mol. The molecule has 2 aromatic carbocycles. The third-order valence-electron chi connectivity index (χ3n) is 6.59. The Labute approximate surface area is 220 Å². The summed E-state index contributed by atoms with van der Waals surface area (Å²) >= 11 is 12.2. The number of H-pyrrole nitrogens is 1. The summed E-state index contributed by atoms with van der Waals surface area (Å²) in [6.07, 6.45) is 6.31. The van der Waals surface area contributed by atoms with Gasteiger partial charge < -0.3 is 20.1 Å². The zero-order valence-corrected chi connectivity index (χ0v) is 21.3. The fraction of sp³-hybridized carbons (Fsp3) is 0.296. The van der Waals surface area contributed by atoms with Gasteiger partial charge in [0.2, 0.25) is 5.91 Å². The van der Waals surface area contributed by atoms with Crippen LogP contribution in [0.25, 0.3) is 11.0 Å². The number of likely N-dealkylation sites (tertiary alicyclic amines) is 1. The van der Waals surface area contributed by atoms with Gasteiger partial charge in [-0.25, -0.2) is 9.97 Å². The number of rotatable bonds is 8. The normalized spacial score (nSPS) is 15.7. The van der Waals surface area contributed by atoms with Gasteiger partial charge in [-0.1, -0.05) is 53.5 Å². The molecule has 0 saturated carbocycles. The number of aromatic amines is 1. The predicted molar refractivity (Wildman–Crippen MR) is 146 cm³/mol. The van der Waals surface area contributed by atoms with Crippen LogP contribution in [0.5, 0.6) is 0 Å². The van der Waals surface area contributed by atoms with E-state index in [2.05, 4.69) is 49.4 Å². The fourth-order valence-electron chi connectivity index (χ4n) is 4.82. The lowest BCUT2D eigenvalue weighted by molar-refractivity contribution is -0.130. The number of nitrogens with one attached hydrogen (secondary N) is 2. The van der Waals surface area contributed by atoms with E-state index in [0.717, 1.165) is 54.9 Å². The van der Waals surface area contributed by atoms with Crippen molar-refractivity contribution in [2.75, 3.05) is 36.4 Å². The number of anilines is 2. The van der Waals surface area contributed by atoms with Crippen LogP contribution in [0, 0.1) is 0 Å². The fourth-order valence-corrected chi connectivity index (χ4v) is 5.35. The van der Waals surface area contributed by atoms with Crippen LogP contribution in [0.4, 0.5) is 11.5 Å². The number of benzene rings is 2. The average Bonchev–Trinajstić information content (AvgIpc) is 3.37. The number of hydrogen-bond donors (Lipinski definition) is 2. The van der Waals surface area contributed by atoms with Crippen molar-refractivity contribution in [3.8, 4) is 0 Å². The van der Waals surface area contributed by atoms with E-state index in [4.69, 9.17) is 23.2 Å². The van der Waals surface area contributed by atoms with Gasteiger partial charge in [-0.15, -0.1) is 0 Å². The van der Waals surface area contributed by atoms with Crippen LogP contribution in [-0.2, 0) is 11.2 Å². The monoisotopic (exact) mass is 522 g/mol. The molecule has 186 valence electrons. The summed E-state index contributed by atoms with van der Waals surface area (Å²) in [4.78, 5) is 29.7. The summed E-state index contributed by atoms with van der Waals surface area (Å²) in [5.41, 5.74) is 2.82. The maximum absolute atomic E-state index is 13.1. The summed E-state index contributed by atoms with van der Waals surface area (Å²) in [5, 5.41) is 5.23. The molecule has 1 aliphatic rings. The Morgan fingerprint density at radius 2 is 1.92 bits per heavy atom. The van der Waals surface area contributed by atoms with E-state index in [9.17, 15) is 4.79 Å². The average molecular weight is 523 g/mol. The summed E-state index contributed by atoms with van der Waals surface area (Å²) < 4.78 is 0. The number of amides is 1. The molecule has 0 unspecified atom stereocenters. The van der Waals surface area contributed by atoms with Gasteiger partial charge in [-0.05, 0) is 49.1 Å². The highest BCUT2D eigenvalue weighted by Gasteiger charge is 2.29. The van der Waals surface area contributed by atoms with E-state index in [0.29, 0.717) is 16.6 Å². The van der Waals surface area contributed by atoms with Crippen molar-refractivity contribution in [2.45, 2.75) is 25.3 Å². The number of carbonyl (C=O) groups is 1. The van der Waals surface area contributed by atoms with Gasteiger partial charge in [0.25, 0.3) is 0 Å². The minimum Gasteiger partial charge on any atom is -0.376 e. The van der Waals surface area contributed by atoms with Crippen molar-refractivity contribution >= 4 is 51.6 Å². The molecule has 3 heterocycles. The highest BCUT2D eigenvalue weighted by molar-refractivity contribution is 6.35. The van der Waals surface area contributed by atoms with Gasteiger partial charge in [0, 0.05) is 47.6 Å². The van der Waals surface area contributed by atoms with E-state index < -0.39 is 0 Å². The Hall–Kier alpha value is -3.29. The molecule has 0 bridgehead atoms. The first-order valence-electron chi connectivity index (χ1n) is 12.1. The Morgan fingerprint density at radius 1 is 1.11 bits per heavy atom. The van der Waals surface area contributed by atoms with E-state index in [1.54, 1.807) is 24.5 Å². The SMILES string of the molecule is O=C(CNc1cc(Cl)cc(Cl)c1)N1CCC[C@H](N(CCc2ccccc2)c2ncnc3[nH]ccc23)C1. The Bertz CT molecular complexity index is 1310. The van der Waals surface area contributed by atoms with Crippen molar-refractivity contribution in [3.05, 3.63) is 82.7 Å². The van der Waals surface area contributed by atoms with Gasteiger partial charge in [-0.3, -0.25) is 4.79 Å². The number of hydrogen-bond acceptors (Lipinski definition) is 5. The van der Waals surface area contributed by atoms with Gasteiger partial charge in [-0.2, -0.15) is 0 Å². The summed E-state index contributed by atoms with van der Waals surface area (Å²) in [7, 11) is 0. The summed E-state index contributed by atoms with van der Waals surface area (Å²) in [6, 6.07) is 17.8. The van der Waals surface area contributed by atoms with Crippen LogP contribution < -0.4 is 10.2 Å². The molecule has 4 aromatic rings. The minimum absolute atomic E-state index is 0.0493. The second-order valence-corrected chi connectivity index (χ2v) is 9.89. The first-order chi connectivity index (χ1) is 17.6. The van der Waals surface area contributed by atoms with E-state index in [-0.39, 0.29) is 18.5 Å². The molecule has 2 N–H and O–H groups in total. The lowest BCUT2D eigenvalue weighted by atomic mass is 10.0. The minimum atomic E-state index is 0.0493. The second kappa shape index (κ2) is 11.2. The number of carbonyl (C=O) groups excluding carboxylic acids is 1. The van der Waals surface area contributed by atoms with Crippen LogP contribution in [0.1, 0.15) is 18.4 Å². The molecule has 9 heteroatoms. The molecule has 0 radical (unpaired) electrons. The number of piperidine rings is 1. The van der Waals surface area contributed by atoms with Crippen molar-refractivity contribution < 1.29 is 4.79 Å². The van der Waals surface area contributed by atoms with E-state index >= 15 is 0 Å². The van der Waals surface area contributed by atoms with Gasteiger partial charge >= 0.3 is 0 Å². The summed E-state index contributed by atoms with van der Waals surface area (Å²) in [6.45, 7) is 2.36. The number of aromatic nitrogens is 3. The molecule has 1 saturated heterocycles. The molecule has 1 aliphatic heterocycles. The zero-order chi connectivity index (χ0) is 24.9. The first-order valence-corrected chi connectivity index (χ1v) is 12.9. The smallest absolute Gasteiger partial charge is 0.241 e. The van der Waals surface area contributed by atoms with Crippen molar-refractivity contribution in [3.63, 3.8) is 0 Å². The Balaban J connectivity index is 1.32. The van der Waals surface area contributed by atoms with Crippen molar-refractivity contribution in [1.29, 1.82) is 0 Å². The van der Waals surface area contributed by atoms with Crippen LogP contribution in [0.3, 0.4) is 0 Å². The lowest BCUT2D eigenvalue weighted by Gasteiger charge is -2.40. The third-order valence-corrected chi connectivity index (χ3v) is 7.02. The zero-order valence-electron chi connectivity index (χ0n) is 19.8. The quantitative estimate of drug-likeness (QED) is 0.323. The maximum Gasteiger partial charge on any atom is 0.241 e. The van der Waals surface area contributed by atoms with Crippen LogP contribution in [0.15, 0.2) is 67.1 Å². The molecule has 5 rings (SSSR count). The molecule has 1 amide bonds. The molecule has 1 atom stereocenters. The number of fused-ring (bicyclic) bond motifs is 1. The molecule has 1 fully saturated rings. The molecule has 0 spiro atoms. The second-order valence-electron chi connectivity index (χ2n) is 9.01. The predicted octanol–water partition coefficient (Wildman–Crippen LogP) is 5.42. The summed E-state index contributed by atoms with van der Waals surface area (Å²) in [5.74, 6) is 0.955. The molecule has 36 heavy (non-hydrogen) atoms.